The fraction of sp³-hybridized carbons (Fsp3) is 0.276. The first-order valence-corrected chi connectivity index (χ1v) is 12.7. The molecule has 41 heavy (non-hydrogen) atoms. The fourth-order valence-electron chi connectivity index (χ4n) is 3.75. The van der Waals surface area contributed by atoms with Crippen molar-refractivity contribution < 1.29 is 32.9 Å². The Morgan fingerprint density at radius 1 is 1.07 bits per heavy atom. The second kappa shape index (κ2) is 13.0. The SMILES string of the molecule is C=C/C(=C\C=C(/C)F)NC(=O)C1(C(=O)Nc2ccc(Oc3ncnc4cc(OCCOC)c(OC)nc34)cc2)CC1. The average molecular weight is 564 g/mol. The Morgan fingerprint density at radius 2 is 1.83 bits per heavy atom. The molecule has 214 valence electrons. The van der Waals surface area contributed by atoms with Crippen LogP contribution in [-0.2, 0) is 14.3 Å². The van der Waals surface area contributed by atoms with Crippen molar-refractivity contribution >= 4 is 28.5 Å². The van der Waals surface area contributed by atoms with Gasteiger partial charge in [0.1, 0.15) is 29.6 Å². The minimum Gasteiger partial charge on any atom is -0.485 e. The van der Waals surface area contributed by atoms with Gasteiger partial charge >= 0.3 is 0 Å². The molecule has 0 unspecified atom stereocenters. The third-order valence-electron chi connectivity index (χ3n) is 6.16. The number of benzene rings is 1. The molecule has 0 saturated heterocycles. The number of anilines is 1. The van der Waals surface area contributed by atoms with Crippen molar-refractivity contribution in [2.75, 3.05) is 32.8 Å². The van der Waals surface area contributed by atoms with E-state index in [0.717, 1.165) is 0 Å². The van der Waals surface area contributed by atoms with Gasteiger partial charge in [-0.2, -0.15) is 4.98 Å². The Balaban J connectivity index is 1.44. The number of ether oxygens (including phenoxy) is 4. The summed E-state index contributed by atoms with van der Waals surface area (Å²) in [6.45, 7) is 5.61. The molecule has 1 saturated carbocycles. The number of halogens is 1. The van der Waals surface area contributed by atoms with Crippen LogP contribution in [0.1, 0.15) is 19.8 Å². The minimum absolute atomic E-state index is 0.200. The van der Waals surface area contributed by atoms with E-state index in [1.165, 1.54) is 38.6 Å². The Hall–Kier alpha value is -4.84. The van der Waals surface area contributed by atoms with E-state index in [-0.39, 0.29) is 11.8 Å². The molecule has 2 amide bonds. The number of aromatic nitrogens is 3. The van der Waals surface area contributed by atoms with Crippen LogP contribution in [0.25, 0.3) is 11.0 Å². The summed E-state index contributed by atoms with van der Waals surface area (Å²) in [4.78, 5) is 38.7. The highest BCUT2D eigenvalue weighted by molar-refractivity contribution is 6.13. The van der Waals surface area contributed by atoms with Gasteiger partial charge in [0.25, 0.3) is 5.88 Å². The minimum atomic E-state index is -1.21. The van der Waals surface area contributed by atoms with Gasteiger partial charge in [-0.3, -0.25) is 9.59 Å². The molecule has 2 aromatic heterocycles. The van der Waals surface area contributed by atoms with E-state index >= 15 is 0 Å². The summed E-state index contributed by atoms with van der Waals surface area (Å²) in [5.74, 6) is -0.0542. The van der Waals surface area contributed by atoms with E-state index in [2.05, 4.69) is 32.2 Å². The molecule has 4 rings (SSSR count). The van der Waals surface area contributed by atoms with Gasteiger partial charge in [-0.1, -0.05) is 6.58 Å². The van der Waals surface area contributed by atoms with Crippen LogP contribution in [0.4, 0.5) is 10.1 Å². The molecule has 1 fully saturated rings. The van der Waals surface area contributed by atoms with Crippen LogP contribution in [0.15, 0.2) is 73.0 Å². The van der Waals surface area contributed by atoms with E-state index in [4.69, 9.17) is 18.9 Å². The van der Waals surface area contributed by atoms with Crippen LogP contribution in [0.5, 0.6) is 23.3 Å². The molecule has 1 aromatic carbocycles. The van der Waals surface area contributed by atoms with Crippen molar-refractivity contribution in [2.24, 2.45) is 5.41 Å². The average Bonchev–Trinajstić information content (AvgIpc) is 3.78. The number of rotatable bonds is 13. The van der Waals surface area contributed by atoms with E-state index in [1.807, 2.05) is 0 Å². The Morgan fingerprint density at radius 3 is 2.46 bits per heavy atom. The Bertz CT molecular complexity index is 1500. The monoisotopic (exact) mass is 563 g/mol. The van der Waals surface area contributed by atoms with Crippen LogP contribution < -0.4 is 24.8 Å². The molecule has 0 spiro atoms. The molecular weight excluding hydrogens is 533 g/mol. The van der Waals surface area contributed by atoms with Gasteiger partial charge < -0.3 is 29.6 Å². The summed E-state index contributed by atoms with van der Waals surface area (Å²) in [6, 6.07) is 8.26. The summed E-state index contributed by atoms with van der Waals surface area (Å²) in [6.07, 6.45) is 6.10. The number of allylic oxidation sites excluding steroid dienone is 4. The quantitative estimate of drug-likeness (QED) is 0.173. The number of carbonyl (C=O) groups is 2. The maximum Gasteiger partial charge on any atom is 0.257 e. The Kier molecular flexibility index (Phi) is 9.25. The lowest BCUT2D eigenvalue weighted by Gasteiger charge is -2.16. The zero-order chi connectivity index (χ0) is 29.4. The lowest BCUT2D eigenvalue weighted by Crippen LogP contribution is -2.39. The maximum atomic E-state index is 13.0. The predicted molar refractivity (Wildman–Crippen MR) is 149 cm³/mol. The van der Waals surface area contributed by atoms with Crippen molar-refractivity contribution in [3.8, 4) is 23.3 Å². The van der Waals surface area contributed by atoms with Crippen molar-refractivity contribution in [1.82, 2.24) is 20.3 Å². The fourth-order valence-corrected chi connectivity index (χ4v) is 3.75. The molecule has 0 aliphatic heterocycles. The summed E-state index contributed by atoms with van der Waals surface area (Å²) in [5, 5.41) is 5.42. The number of nitrogens with zero attached hydrogens (tertiary/aromatic N) is 3. The van der Waals surface area contributed by atoms with Crippen molar-refractivity contribution in [3.05, 3.63) is 73.0 Å². The van der Waals surface area contributed by atoms with Gasteiger partial charge in [0.2, 0.25) is 17.7 Å². The first kappa shape index (κ1) is 29.2. The zero-order valence-corrected chi connectivity index (χ0v) is 22.9. The van der Waals surface area contributed by atoms with Crippen molar-refractivity contribution in [2.45, 2.75) is 19.8 Å². The number of amides is 2. The number of nitrogens with one attached hydrogen (secondary N) is 2. The Labute approximate surface area is 236 Å². The standard InChI is InChI=1S/C29H30FN5O6/c1-5-19(7-6-18(2)30)33-27(36)29(12-13-29)28(37)34-20-8-10-21(11-9-20)41-26-24-22(31-17-32-26)16-23(25(35-24)39-4)40-15-14-38-3/h5-11,16-17H,1,12-15H2,2-4H3,(H,33,36)(H,34,37)/b18-6+,19-7+. The van der Waals surface area contributed by atoms with Crippen LogP contribution in [0.2, 0.25) is 0 Å². The number of pyridine rings is 1. The third kappa shape index (κ3) is 7.03. The van der Waals surface area contributed by atoms with Gasteiger partial charge in [-0.05, 0) is 62.3 Å². The largest absolute Gasteiger partial charge is 0.485 e. The molecular formula is C29H30FN5O6. The molecule has 2 N–H and O–H groups in total. The highest BCUT2D eigenvalue weighted by Crippen LogP contribution is 2.47. The second-order valence-corrected chi connectivity index (χ2v) is 9.08. The number of fused-ring (bicyclic) bond motifs is 1. The van der Waals surface area contributed by atoms with E-state index in [9.17, 15) is 14.0 Å². The van der Waals surface area contributed by atoms with Gasteiger partial charge in [0, 0.05) is 24.6 Å². The molecule has 0 bridgehead atoms. The van der Waals surface area contributed by atoms with Gasteiger partial charge in [0.15, 0.2) is 11.3 Å². The molecule has 1 aliphatic rings. The first-order chi connectivity index (χ1) is 19.8. The van der Waals surface area contributed by atoms with E-state index < -0.39 is 23.1 Å². The highest BCUT2D eigenvalue weighted by atomic mass is 19.1. The smallest absolute Gasteiger partial charge is 0.257 e. The van der Waals surface area contributed by atoms with Crippen molar-refractivity contribution in [3.63, 3.8) is 0 Å². The third-order valence-corrected chi connectivity index (χ3v) is 6.16. The van der Waals surface area contributed by atoms with Gasteiger partial charge in [0.05, 0.1) is 19.5 Å². The molecule has 0 radical (unpaired) electrons. The van der Waals surface area contributed by atoms with Crippen molar-refractivity contribution in [1.29, 1.82) is 0 Å². The first-order valence-electron chi connectivity index (χ1n) is 12.7. The normalized spacial score (nSPS) is 14.2. The molecule has 1 aliphatic carbocycles. The summed E-state index contributed by atoms with van der Waals surface area (Å²) in [5.41, 5.74) is 0.426. The summed E-state index contributed by atoms with van der Waals surface area (Å²) in [7, 11) is 3.05. The van der Waals surface area contributed by atoms with Crippen LogP contribution >= 0.6 is 0 Å². The molecule has 3 aromatic rings. The summed E-state index contributed by atoms with van der Waals surface area (Å²) >= 11 is 0. The molecule has 2 heterocycles. The lowest BCUT2D eigenvalue weighted by atomic mass is 10.0. The van der Waals surface area contributed by atoms with E-state index in [0.29, 0.717) is 60.0 Å². The molecule has 12 heteroatoms. The van der Waals surface area contributed by atoms with Gasteiger partial charge in [-0.25, -0.2) is 14.4 Å². The zero-order valence-electron chi connectivity index (χ0n) is 22.9. The second-order valence-electron chi connectivity index (χ2n) is 9.08. The molecule has 11 nitrogen and oxygen atoms in total. The van der Waals surface area contributed by atoms with Crippen LogP contribution in [-0.4, -0.2) is 54.2 Å². The molecule has 0 atom stereocenters. The summed E-state index contributed by atoms with van der Waals surface area (Å²) < 4.78 is 35.0. The predicted octanol–water partition coefficient (Wildman–Crippen LogP) is 4.63. The number of carbonyl (C=O) groups excluding carboxylic acids is 2. The van der Waals surface area contributed by atoms with Crippen LogP contribution in [0, 0.1) is 5.41 Å². The number of methoxy groups -OCH3 is 2. The number of hydrogen-bond acceptors (Lipinski definition) is 9. The highest BCUT2D eigenvalue weighted by Gasteiger charge is 2.56. The number of hydrogen-bond donors (Lipinski definition) is 2. The lowest BCUT2D eigenvalue weighted by molar-refractivity contribution is -0.133. The van der Waals surface area contributed by atoms with Crippen LogP contribution in [0.3, 0.4) is 0 Å². The van der Waals surface area contributed by atoms with Gasteiger partial charge in [-0.15, -0.1) is 0 Å². The topological polar surface area (TPSA) is 134 Å². The van der Waals surface area contributed by atoms with E-state index in [1.54, 1.807) is 37.4 Å². The maximum absolute atomic E-state index is 13.0.